The number of rotatable bonds is 1. The number of nitrogens with zero attached hydrogens (tertiary/aromatic N) is 2. The third kappa shape index (κ3) is 1.41. The van der Waals surface area contributed by atoms with Crippen LogP contribution in [0.3, 0.4) is 0 Å². The highest BCUT2D eigenvalue weighted by Gasteiger charge is 2.02. The van der Waals surface area contributed by atoms with Crippen LogP contribution in [0.15, 0.2) is 15.8 Å². The Balaban J connectivity index is 3.14. The number of halogens is 1. The Kier molecular flexibility index (Phi) is 2.50. The van der Waals surface area contributed by atoms with Crippen molar-refractivity contribution in [1.82, 2.24) is 9.97 Å². The van der Waals surface area contributed by atoms with Gasteiger partial charge in [-0.05, 0) is 22.2 Å². The summed E-state index contributed by atoms with van der Waals surface area (Å²) in [5.41, 5.74) is 5.48. The Hall–Kier alpha value is -0.290. The molecule has 0 aliphatic rings. The Morgan fingerprint density at radius 3 is 2.80 bits per heavy atom. The number of nitrogens with two attached hydrogens (primary N) is 1. The fraction of sp³-hybridized carbons (Fsp3) is 0.200. The normalized spacial score (nSPS) is 9.80. The molecule has 0 saturated carbocycles. The van der Waals surface area contributed by atoms with Crippen molar-refractivity contribution >= 4 is 33.5 Å². The molecule has 1 aromatic rings. The van der Waals surface area contributed by atoms with Crippen molar-refractivity contribution in [2.45, 2.75) is 5.03 Å². The molecule has 0 aromatic carbocycles. The predicted octanol–water partition coefficient (Wildman–Crippen LogP) is 1.54. The SMILES string of the molecule is CSc1ncnc(N)c1Br. The Morgan fingerprint density at radius 1 is 1.60 bits per heavy atom. The maximum atomic E-state index is 5.48. The number of anilines is 1. The van der Waals surface area contributed by atoms with E-state index in [0.29, 0.717) is 5.82 Å². The van der Waals surface area contributed by atoms with Crippen LogP contribution < -0.4 is 5.73 Å². The predicted molar refractivity (Wildman–Crippen MR) is 45.9 cm³/mol. The van der Waals surface area contributed by atoms with Gasteiger partial charge in [-0.3, -0.25) is 0 Å². The van der Waals surface area contributed by atoms with Gasteiger partial charge in [0.15, 0.2) is 0 Å². The van der Waals surface area contributed by atoms with Gasteiger partial charge >= 0.3 is 0 Å². The smallest absolute Gasteiger partial charge is 0.142 e. The molecule has 0 amide bonds. The summed E-state index contributed by atoms with van der Waals surface area (Å²) in [4.78, 5) is 7.78. The van der Waals surface area contributed by atoms with Crippen LogP contribution in [0.5, 0.6) is 0 Å². The van der Waals surface area contributed by atoms with Crippen molar-refractivity contribution in [3.05, 3.63) is 10.8 Å². The highest BCUT2D eigenvalue weighted by molar-refractivity contribution is 9.10. The number of thioether (sulfide) groups is 1. The number of aromatic nitrogens is 2. The van der Waals surface area contributed by atoms with Gasteiger partial charge in [0, 0.05) is 0 Å². The molecule has 2 N–H and O–H groups in total. The van der Waals surface area contributed by atoms with Crippen LogP contribution in [0.4, 0.5) is 5.82 Å². The monoisotopic (exact) mass is 219 g/mol. The molecule has 0 atom stereocenters. The average molecular weight is 220 g/mol. The summed E-state index contributed by atoms with van der Waals surface area (Å²) in [5.74, 6) is 0.486. The molecule has 0 aliphatic carbocycles. The van der Waals surface area contributed by atoms with Crippen LogP contribution >= 0.6 is 27.7 Å². The van der Waals surface area contributed by atoms with Crippen molar-refractivity contribution in [3.63, 3.8) is 0 Å². The van der Waals surface area contributed by atoms with Gasteiger partial charge in [-0.15, -0.1) is 11.8 Å². The fourth-order valence-electron chi connectivity index (χ4n) is 0.509. The Bertz CT molecular complexity index is 240. The summed E-state index contributed by atoms with van der Waals surface area (Å²) < 4.78 is 0.780. The van der Waals surface area contributed by atoms with Gasteiger partial charge in [-0.2, -0.15) is 0 Å². The maximum absolute atomic E-state index is 5.48. The van der Waals surface area contributed by atoms with Crippen LogP contribution in [0.25, 0.3) is 0 Å². The van der Waals surface area contributed by atoms with Gasteiger partial charge < -0.3 is 5.73 Å². The molecule has 0 radical (unpaired) electrons. The average Bonchev–Trinajstić information content (AvgIpc) is 1.95. The van der Waals surface area contributed by atoms with Crippen LogP contribution in [0, 0.1) is 0 Å². The minimum absolute atomic E-state index is 0.486. The second kappa shape index (κ2) is 3.21. The van der Waals surface area contributed by atoms with Crippen LogP contribution in [0.1, 0.15) is 0 Å². The topological polar surface area (TPSA) is 51.8 Å². The van der Waals surface area contributed by atoms with Crippen LogP contribution in [0.2, 0.25) is 0 Å². The lowest BCUT2D eigenvalue weighted by Gasteiger charge is -1.99. The molecule has 1 heterocycles. The van der Waals surface area contributed by atoms with Gasteiger partial charge in [-0.25, -0.2) is 9.97 Å². The molecule has 1 rings (SSSR count). The summed E-state index contributed by atoms with van der Waals surface area (Å²) >= 11 is 4.80. The van der Waals surface area contributed by atoms with E-state index in [1.165, 1.54) is 18.1 Å². The summed E-state index contributed by atoms with van der Waals surface area (Å²) in [6, 6.07) is 0. The first-order chi connectivity index (χ1) is 4.75. The first kappa shape index (κ1) is 7.81. The van der Waals surface area contributed by atoms with Crippen molar-refractivity contribution in [2.24, 2.45) is 0 Å². The quantitative estimate of drug-likeness (QED) is 0.576. The standard InChI is InChI=1S/C5H6BrN3S/c1-10-5-3(6)4(7)8-2-9-5/h2H,1H3,(H2,7,8,9). The van der Waals surface area contributed by atoms with Gasteiger partial charge in [0.1, 0.15) is 17.2 Å². The lowest BCUT2D eigenvalue weighted by atomic mass is 10.6. The lowest BCUT2D eigenvalue weighted by molar-refractivity contribution is 1.04. The van der Waals surface area contributed by atoms with Gasteiger partial charge in [0.25, 0.3) is 0 Å². The molecule has 10 heavy (non-hydrogen) atoms. The molecule has 5 heteroatoms. The van der Waals surface area contributed by atoms with E-state index in [4.69, 9.17) is 5.73 Å². The molecule has 54 valence electrons. The van der Waals surface area contributed by atoms with E-state index in [9.17, 15) is 0 Å². The molecule has 0 fully saturated rings. The van der Waals surface area contributed by atoms with Crippen LogP contribution in [-0.2, 0) is 0 Å². The van der Waals surface area contributed by atoms with Crippen molar-refractivity contribution < 1.29 is 0 Å². The van der Waals surface area contributed by atoms with Gasteiger partial charge in [0.05, 0.1) is 4.47 Å². The first-order valence-corrected chi connectivity index (χ1v) is 4.57. The molecule has 0 unspecified atom stereocenters. The zero-order chi connectivity index (χ0) is 7.56. The van der Waals surface area contributed by atoms with Crippen LogP contribution in [-0.4, -0.2) is 16.2 Å². The molecule has 0 saturated heterocycles. The zero-order valence-electron chi connectivity index (χ0n) is 5.34. The van der Waals surface area contributed by atoms with E-state index < -0.39 is 0 Å². The van der Waals surface area contributed by atoms with Crippen molar-refractivity contribution in [3.8, 4) is 0 Å². The number of hydrogen-bond acceptors (Lipinski definition) is 4. The number of hydrogen-bond donors (Lipinski definition) is 1. The highest BCUT2D eigenvalue weighted by Crippen LogP contribution is 2.26. The van der Waals surface area contributed by atoms with E-state index in [-0.39, 0.29) is 0 Å². The van der Waals surface area contributed by atoms with Gasteiger partial charge in [-0.1, -0.05) is 0 Å². The lowest BCUT2D eigenvalue weighted by Crippen LogP contribution is -1.93. The minimum atomic E-state index is 0.486. The summed E-state index contributed by atoms with van der Waals surface area (Å²) in [6.45, 7) is 0. The second-order valence-corrected chi connectivity index (χ2v) is 3.17. The molecule has 0 spiro atoms. The summed E-state index contributed by atoms with van der Waals surface area (Å²) in [6.07, 6.45) is 3.39. The highest BCUT2D eigenvalue weighted by atomic mass is 79.9. The molecular formula is C5H6BrN3S. The third-order valence-corrected chi connectivity index (χ3v) is 2.72. The van der Waals surface area contributed by atoms with Gasteiger partial charge in [0.2, 0.25) is 0 Å². The van der Waals surface area contributed by atoms with E-state index in [0.717, 1.165) is 9.50 Å². The Labute approximate surface area is 71.6 Å². The van der Waals surface area contributed by atoms with E-state index in [1.807, 2.05) is 6.26 Å². The summed E-state index contributed by atoms with van der Waals surface area (Å²) in [7, 11) is 0. The van der Waals surface area contributed by atoms with E-state index in [2.05, 4.69) is 25.9 Å². The molecule has 1 aromatic heterocycles. The van der Waals surface area contributed by atoms with E-state index in [1.54, 1.807) is 0 Å². The number of nitrogen functional groups attached to an aromatic ring is 1. The van der Waals surface area contributed by atoms with E-state index >= 15 is 0 Å². The fourth-order valence-corrected chi connectivity index (χ4v) is 1.64. The summed E-state index contributed by atoms with van der Waals surface area (Å²) in [5, 5.41) is 0.868. The second-order valence-electron chi connectivity index (χ2n) is 1.58. The molecule has 0 aliphatic heterocycles. The largest absolute Gasteiger partial charge is 0.383 e. The molecular weight excluding hydrogens is 214 g/mol. The molecule has 3 nitrogen and oxygen atoms in total. The Morgan fingerprint density at radius 2 is 2.30 bits per heavy atom. The molecule has 0 bridgehead atoms. The minimum Gasteiger partial charge on any atom is -0.383 e. The van der Waals surface area contributed by atoms with Crippen molar-refractivity contribution in [2.75, 3.05) is 12.0 Å². The van der Waals surface area contributed by atoms with Crippen molar-refractivity contribution in [1.29, 1.82) is 0 Å². The maximum Gasteiger partial charge on any atom is 0.142 e. The zero-order valence-corrected chi connectivity index (χ0v) is 7.74. The first-order valence-electron chi connectivity index (χ1n) is 2.55. The third-order valence-electron chi connectivity index (χ3n) is 0.978.